The SMILES string of the molecule is Cc1ccc(CC(C)[C@]23CCC(=O)CC2OCO3)cc1. The zero-order chi connectivity index (χ0) is 14.2. The lowest BCUT2D eigenvalue weighted by Crippen LogP contribution is -2.50. The quantitative estimate of drug-likeness (QED) is 0.850. The molecule has 0 spiro atoms. The van der Waals surface area contributed by atoms with E-state index in [1.807, 2.05) is 0 Å². The molecule has 1 saturated carbocycles. The number of rotatable bonds is 3. The van der Waals surface area contributed by atoms with Crippen LogP contribution in [0.4, 0.5) is 0 Å². The number of ketones is 1. The van der Waals surface area contributed by atoms with Crippen LogP contribution in [0.2, 0.25) is 0 Å². The third kappa shape index (κ3) is 2.40. The molecule has 2 aliphatic rings. The van der Waals surface area contributed by atoms with Crippen molar-refractivity contribution in [1.29, 1.82) is 0 Å². The van der Waals surface area contributed by atoms with Gasteiger partial charge >= 0.3 is 0 Å². The lowest BCUT2D eigenvalue weighted by Gasteiger charge is -2.40. The summed E-state index contributed by atoms with van der Waals surface area (Å²) in [5.74, 6) is 0.657. The maximum Gasteiger partial charge on any atom is 0.148 e. The lowest BCUT2D eigenvalue weighted by atomic mass is 9.72. The fourth-order valence-corrected chi connectivity index (χ4v) is 3.52. The van der Waals surface area contributed by atoms with Crippen LogP contribution in [0.3, 0.4) is 0 Å². The summed E-state index contributed by atoms with van der Waals surface area (Å²) in [6, 6.07) is 8.66. The third-order valence-electron chi connectivity index (χ3n) is 4.85. The monoisotopic (exact) mass is 274 g/mol. The van der Waals surface area contributed by atoms with E-state index in [-0.39, 0.29) is 11.7 Å². The summed E-state index contributed by atoms with van der Waals surface area (Å²) in [6.45, 7) is 4.65. The number of fused-ring (bicyclic) bond motifs is 1. The Hall–Kier alpha value is -1.19. The van der Waals surface area contributed by atoms with Crippen molar-refractivity contribution < 1.29 is 14.3 Å². The molecular formula is C17H22O3. The van der Waals surface area contributed by atoms with E-state index in [9.17, 15) is 4.79 Å². The molecule has 1 aromatic carbocycles. The Kier molecular flexibility index (Phi) is 3.65. The van der Waals surface area contributed by atoms with E-state index in [1.165, 1.54) is 11.1 Å². The van der Waals surface area contributed by atoms with Crippen LogP contribution in [0.15, 0.2) is 24.3 Å². The molecule has 2 fully saturated rings. The smallest absolute Gasteiger partial charge is 0.148 e. The van der Waals surface area contributed by atoms with Gasteiger partial charge < -0.3 is 9.47 Å². The average molecular weight is 274 g/mol. The first-order valence-electron chi connectivity index (χ1n) is 7.43. The number of Topliss-reactive ketones (excluding diaryl/α,β-unsaturated/α-hetero) is 1. The molecule has 3 nitrogen and oxygen atoms in total. The molecule has 0 radical (unpaired) electrons. The summed E-state index contributed by atoms with van der Waals surface area (Å²) in [7, 11) is 0. The van der Waals surface area contributed by atoms with E-state index in [4.69, 9.17) is 9.47 Å². The molecule has 3 heteroatoms. The fraction of sp³-hybridized carbons (Fsp3) is 0.588. The molecule has 0 bridgehead atoms. The highest BCUT2D eigenvalue weighted by Crippen LogP contribution is 2.43. The van der Waals surface area contributed by atoms with Crippen LogP contribution in [0.25, 0.3) is 0 Å². The van der Waals surface area contributed by atoms with Gasteiger partial charge in [-0.1, -0.05) is 36.8 Å². The minimum atomic E-state index is -0.265. The van der Waals surface area contributed by atoms with Gasteiger partial charge in [0.1, 0.15) is 18.2 Å². The lowest BCUT2D eigenvalue weighted by molar-refractivity contribution is -0.130. The van der Waals surface area contributed by atoms with Gasteiger partial charge in [-0.2, -0.15) is 0 Å². The molecule has 20 heavy (non-hydrogen) atoms. The Labute approximate surface area is 120 Å². The molecule has 3 atom stereocenters. The van der Waals surface area contributed by atoms with Gasteiger partial charge in [-0.15, -0.1) is 0 Å². The first-order valence-corrected chi connectivity index (χ1v) is 7.43. The Morgan fingerprint density at radius 3 is 2.85 bits per heavy atom. The Morgan fingerprint density at radius 1 is 1.35 bits per heavy atom. The molecule has 0 N–H and O–H groups in total. The van der Waals surface area contributed by atoms with Gasteiger partial charge in [0.15, 0.2) is 0 Å². The van der Waals surface area contributed by atoms with Crippen molar-refractivity contribution in [1.82, 2.24) is 0 Å². The number of aryl methyl sites for hydroxylation is 1. The summed E-state index contributed by atoms with van der Waals surface area (Å²) in [4.78, 5) is 11.6. The van der Waals surface area contributed by atoms with Gasteiger partial charge in [-0.05, 0) is 31.2 Å². The zero-order valence-electron chi connectivity index (χ0n) is 12.2. The van der Waals surface area contributed by atoms with Crippen molar-refractivity contribution in [3.05, 3.63) is 35.4 Å². The number of ether oxygens (including phenoxy) is 2. The normalized spacial score (nSPS) is 31.1. The standard InChI is InChI=1S/C17H22O3/c1-12-3-5-14(6-4-12)9-13(2)17-8-7-15(18)10-16(17)19-11-20-17/h3-6,13,16H,7-11H2,1-2H3/t13?,16?,17-/m1/s1. The summed E-state index contributed by atoms with van der Waals surface area (Å²) < 4.78 is 11.6. The number of benzene rings is 1. The Bertz CT molecular complexity index is 493. The molecule has 1 aliphatic carbocycles. The zero-order valence-corrected chi connectivity index (χ0v) is 12.2. The third-order valence-corrected chi connectivity index (χ3v) is 4.85. The highest BCUT2D eigenvalue weighted by molar-refractivity contribution is 5.80. The number of hydrogen-bond acceptors (Lipinski definition) is 3. The molecule has 2 unspecified atom stereocenters. The minimum Gasteiger partial charge on any atom is -0.349 e. The molecule has 1 heterocycles. The van der Waals surface area contributed by atoms with E-state index < -0.39 is 0 Å². The molecule has 3 rings (SSSR count). The molecule has 0 aromatic heterocycles. The van der Waals surface area contributed by atoms with Crippen molar-refractivity contribution in [2.75, 3.05) is 6.79 Å². The van der Waals surface area contributed by atoms with Crippen LogP contribution in [0, 0.1) is 12.8 Å². The van der Waals surface area contributed by atoms with Crippen molar-refractivity contribution in [2.45, 2.75) is 51.2 Å². The van der Waals surface area contributed by atoms with E-state index in [0.29, 0.717) is 31.3 Å². The summed E-state index contributed by atoms with van der Waals surface area (Å²) in [6.07, 6.45) is 2.85. The van der Waals surface area contributed by atoms with Crippen LogP contribution in [0.1, 0.15) is 37.3 Å². The van der Waals surface area contributed by atoms with Crippen molar-refractivity contribution in [3.63, 3.8) is 0 Å². The molecule has 1 aliphatic heterocycles. The first kappa shape index (κ1) is 13.8. The van der Waals surface area contributed by atoms with Gasteiger partial charge in [0, 0.05) is 12.8 Å². The van der Waals surface area contributed by atoms with Crippen LogP contribution in [-0.2, 0) is 20.7 Å². The topological polar surface area (TPSA) is 35.5 Å². The second kappa shape index (κ2) is 5.30. The van der Waals surface area contributed by atoms with E-state index in [0.717, 1.165) is 12.8 Å². The molecule has 1 saturated heterocycles. The van der Waals surface area contributed by atoms with Gasteiger partial charge in [-0.3, -0.25) is 4.79 Å². The first-order chi connectivity index (χ1) is 9.60. The van der Waals surface area contributed by atoms with Gasteiger partial charge in [0.2, 0.25) is 0 Å². The Morgan fingerprint density at radius 2 is 2.10 bits per heavy atom. The van der Waals surface area contributed by atoms with Crippen molar-refractivity contribution in [2.24, 2.45) is 5.92 Å². The van der Waals surface area contributed by atoms with E-state index in [1.54, 1.807) is 0 Å². The average Bonchev–Trinajstić information content (AvgIpc) is 2.85. The van der Waals surface area contributed by atoms with Crippen LogP contribution < -0.4 is 0 Å². The van der Waals surface area contributed by atoms with Crippen molar-refractivity contribution in [3.8, 4) is 0 Å². The predicted octanol–water partition coefficient (Wildman–Crippen LogP) is 3.04. The summed E-state index contributed by atoms with van der Waals surface area (Å²) >= 11 is 0. The van der Waals surface area contributed by atoms with Gasteiger partial charge in [-0.25, -0.2) is 0 Å². The fourth-order valence-electron chi connectivity index (χ4n) is 3.52. The van der Waals surface area contributed by atoms with Crippen LogP contribution in [-0.4, -0.2) is 24.3 Å². The second-order valence-corrected chi connectivity index (χ2v) is 6.21. The number of carbonyl (C=O) groups is 1. The predicted molar refractivity (Wildman–Crippen MR) is 76.5 cm³/mol. The second-order valence-electron chi connectivity index (χ2n) is 6.21. The highest BCUT2D eigenvalue weighted by Gasteiger charge is 2.52. The summed E-state index contributed by atoms with van der Waals surface area (Å²) in [5.41, 5.74) is 2.34. The maximum absolute atomic E-state index is 11.6. The van der Waals surface area contributed by atoms with Crippen LogP contribution >= 0.6 is 0 Å². The molecule has 1 aromatic rings. The van der Waals surface area contributed by atoms with Crippen LogP contribution in [0.5, 0.6) is 0 Å². The number of hydrogen-bond donors (Lipinski definition) is 0. The van der Waals surface area contributed by atoms with Gasteiger partial charge in [0.25, 0.3) is 0 Å². The van der Waals surface area contributed by atoms with E-state index >= 15 is 0 Å². The molecule has 108 valence electrons. The van der Waals surface area contributed by atoms with E-state index in [2.05, 4.69) is 38.1 Å². The largest absolute Gasteiger partial charge is 0.349 e. The van der Waals surface area contributed by atoms with Gasteiger partial charge in [0.05, 0.1) is 6.10 Å². The molecular weight excluding hydrogens is 252 g/mol. The minimum absolute atomic E-state index is 0.0517. The summed E-state index contributed by atoms with van der Waals surface area (Å²) in [5, 5.41) is 0. The highest BCUT2D eigenvalue weighted by atomic mass is 16.7. The Balaban J connectivity index is 1.76. The molecule has 0 amide bonds. The van der Waals surface area contributed by atoms with Crippen molar-refractivity contribution >= 4 is 5.78 Å². The maximum atomic E-state index is 11.6. The number of carbonyl (C=O) groups excluding carboxylic acids is 1.